The summed E-state index contributed by atoms with van der Waals surface area (Å²) in [4.78, 5) is 18.8. The Balaban J connectivity index is 0.00000261. The molecule has 0 spiro atoms. The van der Waals surface area contributed by atoms with Gasteiger partial charge in [0.2, 0.25) is 5.91 Å². The number of piperazine rings is 1. The molecule has 1 saturated heterocycles. The maximum atomic E-state index is 12.7. The summed E-state index contributed by atoms with van der Waals surface area (Å²) in [7, 11) is 0. The van der Waals surface area contributed by atoms with Gasteiger partial charge in [-0.25, -0.2) is 0 Å². The molecule has 1 unspecified atom stereocenters. The van der Waals surface area contributed by atoms with E-state index >= 15 is 0 Å². The summed E-state index contributed by atoms with van der Waals surface area (Å²) in [6.07, 6.45) is 4.60. The van der Waals surface area contributed by atoms with Crippen LogP contribution in [0.3, 0.4) is 0 Å². The highest BCUT2D eigenvalue weighted by Crippen LogP contribution is 2.31. The minimum absolute atomic E-state index is 0. The van der Waals surface area contributed by atoms with Crippen LogP contribution in [0.15, 0.2) is 42.7 Å². The number of hydrogen-bond donors (Lipinski definition) is 1. The van der Waals surface area contributed by atoms with Gasteiger partial charge < -0.3 is 15.0 Å². The van der Waals surface area contributed by atoms with Crippen LogP contribution in [0, 0.1) is 0 Å². The highest BCUT2D eigenvalue weighted by molar-refractivity contribution is 6.42. The molecule has 1 aromatic heterocycles. The number of ether oxygens (including phenoxy) is 1. The van der Waals surface area contributed by atoms with E-state index in [1.54, 1.807) is 24.4 Å². The summed E-state index contributed by atoms with van der Waals surface area (Å²) in [5.41, 5.74) is 1.05. The third kappa shape index (κ3) is 5.72. The molecular formula is C19H22Cl3N3O2. The molecule has 3 rings (SSSR count). The van der Waals surface area contributed by atoms with E-state index in [4.69, 9.17) is 27.9 Å². The van der Waals surface area contributed by atoms with Gasteiger partial charge in [0, 0.05) is 38.4 Å². The normalized spacial score (nSPS) is 16.5. The smallest absolute Gasteiger partial charge is 0.223 e. The number of rotatable bonds is 6. The molecule has 1 aromatic carbocycles. The largest absolute Gasteiger partial charge is 0.492 e. The summed E-state index contributed by atoms with van der Waals surface area (Å²) in [6.45, 7) is 2.65. The van der Waals surface area contributed by atoms with E-state index in [-0.39, 0.29) is 24.4 Å². The molecule has 1 amide bonds. The lowest BCUT2D eigenvalue weighted by molar-refractivity contribution is -0.134. The van der Waals surface area contributed by atoms with Gasteiger partial charge in [0.1, 0.15) is 10.8 Å². The second kappa shape index (κ2) is 10.7. The van der Waals surface area contributed by atoms with Crippen molar-refractivity contribution in [1.82, 2.24) is 15.2 Å². The van der Waals surface area contributed by atoms with Crippen molar-refractivity contribution in [2.75, 3.05) is 26.2 Å². The first-order chi connectivity index (χ1) is 12.7. The Bertz CT molecular complexity index is 746. The molecule has 0 bridgehead atoms. The highest BCUT2D eigenvalue weighted by Gasteiger charge is 2.27. The zero-order valence-corrected chi connectivity index (χ0v) is 17.1. The third-order valence-corrected chi connectivity index (χ3v) is 5.14. The number of amides is 1. The number of aromatic nitrogens is 1. The quantitative estimate of drug-likeness (QED) is 0.700. The van der Waals surface area contributed by atoms with Crippen molar-refractivity contribution in [3.8, 4) is 5.75 Å². The van der Waals surface area contributed by atoms with E-state index in [1.165, 1.54) is 0 Å². The number of pyridine rings is 1. The van der Waals surface area contributed by atoms with E-state index in [0.717, 1.165) is 18.7 Å². The molecule has 0 saturated carbocycles. The van der Waals surface area contributed by atoms with E-state index < -0.39 is 0 Å². The monoisotopic (exact) mass is 429 g/mol. The number of nitrogens with zero attached hydrogens (tertiary/aromatic N) is 2. The molecule has 1 aliphatic rings. The number of benzene rings is 1. The lowest BCUT2D eigenvalue weighted by atomic mass is 10.0. The summed E-state index contributed by atoms with van der Waals surface area (Å²) >= 11 is 12.1. The van der Waals surface area contributed by atoms with E-state index in [1.807, 2.05) is 23.2 Å². The maximum Gasteiger partial charge on any atom is 0.223 e. The first kappa shape index (κ1) is 21.8. The lowest BCUT2D eigenvalue weighted by Crippen LogP contribution is -2.48. The van der Waals surface area contributed by atoms with Crippen molar-refractivity contribution in [1.29, 1.82) is 0 Å². The topological polar surface area (TPSA) is 54.5 Å². The Hall–Kier alpha value is -1.53. The maximum absolute atomic E-state index is 12.7. The summed E-state index contributed by atoms with van der Waals surface area (Å²) in [5, 5.41) is 4.21. The fourth-order valence-electron chi connectivity index (χ4n) is 3.02. The Morgan fingerprint density at radius 3 is 2.93 bits per heavy atom. The summed E-state index contributed by atoms with van der Waals surface area (Å²) < 4.78 is 5.66. The van der Waals surface area contributed by atoms with Gasteiger partial charge in [-0.05, 0) is 30.2 Å². The van der Waals surface area contributed by atoms with Gasteiger partial charge in [0.25, 0.3) is 0 Å². The molecule has 1 aliphatic heterocycles. The van der Waals surface area contributed by atoms with Crippen LogP contribution >= 0.6 is 35.6 Å². The van der Waals surface area contributed by atoms with Crippen LogP contribution in [0.2, 0.25) is 10.0 Å². The predicted molar refractivity (Wildman–Crippen MR) is 110 cm³/mol. The molecule has 146 valence electrons. The Morgan fingerprint density at radius 1 is 1.30 bits per heavy atom. The van der Waals surface area contributed by atoms with Crippen molar-refractivity contribution in [3.05, 3.63) is 58.3 Å². The minimum atomic E-state index is 0. The molecule has 5 nitrogen and oxygen atoms in total. The average molecular weight is 431 g/mol. The van der Waals surface area contributed by atoms with Crippen LogP contribution in [0.4, 0.5) is 0 Å². The molecular weight excluding hydrogens is 409 g/mol. The van der Waals surface area contributed by atoms with Gasteiger partial charge in [-0.3, -0.25) is 9.78 Å². The second-order valence-electron chi connectivity index (χ2n) is 6.10. The Morgan fingerprint density at radius 2 is 2.15 bits per heavy atom. The zero-order chi connectivity index (χ0) is 18.4. The van der Waals surface area contributed by atoms with Crippen molar-refractivity contribution < 1.29 is 9.53 Å². The number of carbonyl (C=O) groups excluding carboxylic acids is 1. The van der Waals surface area contributed by atoms with Crippen LogP contribution in [0.5, 0.6) is 5.75 Å². The van der Waals surface area contributed by atoms with Crippen molar-refractivity contribution >= 4 is 41.5 Å². The lowest BCUT2D eigenvalue weighted by Gasteiger charge is -2.36. The van der Waals surface area contributed by atoms with E-state index in [2.05, 4.69) is 10.3 Å². The molecule has 1 atom stereocenters. The van der Waals surface area contributed by atoms with Gasteiger partial charge in [-0.2, -0.15) is 0 Å². The minimum Gasteiger partial charge on any atom is -0.492 e. The van der Waals surface area contributed by atoms with Crippen LogP contribution in [0.25, 0.3) is 0 Å². The first-order valence-electron chi connectivity index (χ1n) is 8.63. The van der Waals surface area contributed by atoms with Gasteiger partial charge in [0.05, 0.1) is 17.7 Å². The van der Waals surface area contributed by atoms with Gasteiger partial charge in [-0.15, -0.1) is 12.4 Å². The van der Waals surface area contributed by atoms with Crippen LogP contribution in [-0.2, 0) is 4.79 Å². The highest BCUT2D eigenvalue weighted by atomic mass is 35.5. The number of hydrogen-bond acceptors (Lipinski definition) is 4. The van der Waals surface area contributed by atoms with Crippen LogP contribution in [-0.4, -0.2) is 42.0 Å². The number of nitrogens with one attached hydrogen (secondary N) is 1. The first-order valence-corrected chi connectivity index (χ1v) is 9.39. The Kier molecular flexibility index (Phi) is 8.64. The summed E-state index contributed by atoms with van der Waals surface area (Å²) in [6, 6.07) is 9.19. The fraction of sp³-hybridized carbons (Fsp3) is 0.368. The van der Waals surface area contributed by atoms with Crippen molar-refractivity contribution in [2.45, 2.75) is 18.9 Å². The average Bonchev–Trinajstić information content (AvgIpc) is 2.69. The molecule has 0 aliphatic carbocycles. The van der Waals surface area contributed by atoms with Gasteiger partial charge >= 0.3 is 0 Å². The van der Waals surface area contributed by atoms with Crippen molar-refractivity contribution in [3.63, 3.8) is 0 Å². The standard InChI is InChI=1S/C19H21Cl2N3O2.ClH/c20-15-5-1-6-17(19(15)21)26-11-3-7-18(25)24-10-9-23-13-16(24)14-4-2-8-22-12-14;/h1-2,4-6,8,12,16,23H,3,7,9-11,13H2;1H. The summed E-state index contributed by atoms with van der Waals surface area (Å²) in [5.74, 6) is 0.670. The number of halogens is 3. The van der Waals surface area contributed by atoms with Gasteiger partial charge in [-0.1, -0.05) is 35.3 Å². The molecule has 1 fully saturated rings. The zero-order valence-electron chi connectivity index (χ0n) is 14.7. The van der Waals surface area contributed by atoms with Crippen molar-refractivity contribution in [2.24, 2.45) is 0 Å². The third-order valence-electron chi connectivity index (χ3n) is 4.34. The van der Waals surface area contributed by atoms with Crippen LogP contribution in [0.1, 0.15) is 24.4 Å². The molecule has 27 heavy (non-hydrogen) atoms. The predicted octanol–water partition coefficient (Wildman–Crippen LogP) is 4.14. The van der Waals surface area contributed by atoms with Gasteiger partial charge in [0.15, 0.2) is 0 Å². The number of carbonyl (C=O) groups is 1. The molecule has 1 N–H and O–H groups in total. The Labute approximate surface area is 175 Å². The molecule has 8 heteroatoms. The van der Waals surface area contributed by atoms with E-state index in [0.29, 0.717) is 41.8 Å². The fourth-order valence-corrected chi connectivity index (χ4v) is 3.36. The molecule has 2 heterocycles. The van der Waals surface area contributed by atoms with Crippen LogP contribution < -0.4 is 10.1 Å². The molecule has 0 radical (unpaired) electrons. The SMILES string of the molecule is Cl.O=C(CCCOc1cccc(Cl)c1Cl)N1CCNCC1c1cccnc1. The van der Waals surface area contributed by atoms with E-state index in [9.17, 15) is 4.79 Å². The second-order valence-corrected chi connectivity index (χ2v) is 6.88. The molecule has 2 aromatic rings.